The molecule has 1 aromatic heterocycles. The van der Waals surface area contributed by atoms with Crippen LogP contribution in [0.2, 0.25) is 0 Å². The molecule has 0 saturated heterocycles. The minimum absolute atomic E-state index is 0.528. The Kier molecular flexibility index (Phi) is 3.02. The maximum Gasteiger partial charge on any atom is 0.161 e. The number of imidazole rings is 1. The molecule has 0 radical (unpaired) electrons. The Hall–Kier alpha value is -1.45. The average molecular weight is 250 g/mol. The fourth-order valence-electron chi connectivity index (χ4n) is 2.85. The normalized spacial score (nSPS) is 16.8. The van der Waals surface area contributed by atoms with E-state index in [1.807, 2.05) is 4.57 Å². The van der Waals surface area contributed by atoms with E-state index in [9.17, 15) is 8.78 Å². The molecule has 4 heteroatoms. The Labute approximate surface area is 105 Å². The van der Waals surface area contributed by atoms with E-state index < -0.39 is 11.6 Å². The van der Waals surface area contributed by atoms with E-state index in [4.69, 9.17) is 0 Å². The van der Waals surface area contributed by atoms with Crippen LogP contribution in [0.3, 0.4) is 0 Å². The third-order valence-corrected chi connectivity index (χ3v) is 3.92. The minimum atomic E-state index is -0.830. The molecule has 2 nitrogen and oxygen atoms in total. The summed E-state index contributed by atoms with van der Waals surface area (Å²) in [4.78, 5) is 4.12. The Morgan fingerprint density at radius 3 is 2.67 bits per heavy atom. The summed E-state index contributed by atoms with van der Waals surface area (Å²) < 4.78 is 28.2. The molecular formula is C14H16F2N2. The molecule has 0 amide bonds. The van der Waals surface area contributed by atoms with Crippen molar-refractivity contribution in [1.82, 2.24) is 9.55 Å². The summed E-state index contributed by atoms with van der Waals surface area (Å²) in [6.45, 7) is 0.840. The minimum Gasteiger partial charge on any atom is -0.330 e. The van der Waals surface area contributed by atoms with Crippen LogP contribution in [0.5, 0.6) is 0 Å². The van der Waals surface area contributed by atoms with Gasteiger partial charge in [0.1, 0.15) is 0 Å². The lowest BCUT2D eigenvalue weighted by atomic mass is 10.0. The van der Waals surface area contributed by atoms with Crippen LogP contribution < -0.4 is 0 Å². The van der Waals surface area contributed by atoms with E-state index in [0.29, 0.717) is 11.0 Å². The number of fused-ring (bicyclic) bond motifs is 1. The second kappa shape index (κ2) is 4.67. The molecule has 2 aromatic rings. The first-order valence-corrected chi connectivity index (χ1v) is 6.54. The molecule has 96 valence electrons. The lowest BCUT2D eigenvalue weighted by molar-refractivity contribution is 0.461. The van der Waals surface area contributed by atoms with Gasteiger partial charge in [-0.2, -0.15) is 0 Å². The van der Waals surface area contributed by atoms with Crippen molar-refractivity contribution in [2.45, 2.75) is 38.6 Å². The topological polar surface area (TPSA) is 17.8 Å². The summed E-state index contributed by atoms with van der Waals surface area (Å²) in [5, 5.41) is 0. The molecule has 1 aromatic carbocycles. The van der Waals surface area contributed by atoms with Gasteiger partial charge in [-0.25, -0.2) is 13.8 Å². The molecule has 0 aliphatic heterocycles. The third-order valence-electron chi connectivity index (χ3n) is 3.92. The Morgan fingerprint density at radius 1 is 1.17 bits per heavy atom. The van der Waals surface area contributed by atoms with E-state index in [-0.39, 0.29) is 0 Å². The first-order chi connectivity index (χ1) is 8.74. The van der Waals surface area contributed by atoms with E-state index >= 15 is 0 Å². The number of hydrogen-bond acceptors (Lipinski definition) is 1. The maximum absolute atomic E-state index is 13.2. The summed E-state index contributed by atoms with van der Waals surface area (Å²) in [7, 11) is 0. The highest BCUT2D eigenvalue weighted by molar-refractivity contribution is 5.75. The van der Waals surface area contributed by atoms with Crippen LogP contribution in [-0.4, -0.2) is 9.55 Å². The van der Waals surface area contributed by atoms with Crippen LogP contribution in [0.15, 0.2) is 18.5 Å². The zero-order valence-corrected chi connectivity index (χ0v) is 10.2. The molecule has 0 bridgehead atoms. The van der Waals surface area contributed by atoms with Crippen LogP contribution in [0.25, 0.3) is 11.0 Å². The van der Waals surface area contributed by atoms with Gasteiger partial charge in [0.25, 0.3) is 0 Å². The summed E-state index contributed by atoms with van der Waals surface area (Å²) in [5.74, 6) is -0.846. The molecule has 1 aliphatic rings. The van der Waals surface area contributed by atoms with Gasteiger partial charge in [-0.15, -0.1) is 0 Å². The number of nitrogens with zero attached hydrogens (tertiary/aromatic N) is 2. The van der Waals surface area contributed by atoms with Gasteiger partial charge >= 0.3 is 0 Å². The van der Waals surface area contributed by atoms with E-state index in [2.05, 4.69) is 4.98 Å². The fourth-order valence-corrected chi connectivity index (χ4v) is 2.85. The predicted octanol–water partition coefficient (Wildman–Crippen LogP) is 3.89. The molecule has 0 N–H and O–H groups in total. The van der Waals surface area contributed by atoms with Gasteiger partial charge in [0.2, 0.25) is 0 Å². The van der Waals surface area contributed by atoms with Crippen molar-refractivity contribution in [1.29, 1.82) is 0 Å². The lowest BCUT2D eigenvalue weighted by Gasteiger charge is -2.09. The number of hydrogen-bond donors (Lipinski definition) is 0. The molecule has 0 spiro atoms. The maximum atomic E-state index is 13.2. The second-order valence-electron chi connectivity index (χ2n) is 5.13. The molecule has 1 heterocycles. The van der Waals surface area contributed by atoms with Crippen molar-refractivity contribution in [3.63, 3.8) is 0 Å². The molecule has 0 unspecified atom stereocenters. The van der Waals surface area contributed by atoms with Crippen molar-refractivity contribution >= 4 is 11.0 Å². The smallest absolute Gasteiger partial charge is 0.161 e. The Bertz CT molecular complexity index is 556. The van der Waals surface area contributed by atoms with E-state index in [1.54, 1.807) is 6.33 Å². The van der Waals surface area contributed by atoms with E-state index in [1.165, 1.54) is 31.7 Å². The van der Waals surface area contributed by atoms with Crippen LogP contribution >= 0.6 is 0 Å². The van der Waals surface area contributed by atoms with Crippen LogP contribution in [0, 0.1) is 17.6 Å². The van der Waals surface area contributed by atoms with Gasteiger partial charge < -0.3 is 4.57 Å². The largest absolute Gasteiger partial charge is 0.330 e. The number of aromatic nitrogens is 2. The van der Waals surface area contributed by atoms with Gasteiger partial charge in [-0.3, -0.25) is 0 Å². The summed E-state index contributed by atoms with van der Waals surface area (Å²) in [6.07, 6.45) is 8.04. The number of halogens is 2. The first kappa shape index (κ1) is 11.6. The summed E-state index contributed by atoms with van der Waals surface area (Å²) in [6, 6.07) is 2.41. The summed E-state index contributed by atoms with van der Waals surface area (Å²) >= 11 is 0. The predicted molar refractivity (Wildman–Crippen MR) is 66.2 cm³/mol. The molecule has 1 aliphatic carbocycles. The van der Waals surface area contributed by atoms with Gasteiger partial charge in [-0.05, 0) is 12.3 Å². The molecule has 1 saturated carbocycles. The SMILES string of the molecule is Fc1cc2ncn(CCC3CCCC3)c2cc1F. The molecule has 1 fully saturated rings. The fraction of sp³-hybridized carbons (Fsp3) is 0.500. The van der Waals surface area contributed by atoms with Gasteiger partial charge in [0, 0.05) is 18.7 Å². The van der Waals surface area contributed by atoms with Gasteiger partial charge in [0.05, 0.1) is 17.4 Å². The van der Waals surface area contributed by atoms with Gasteiger partial charge in [-0.1, -0.05) is 25.7 Å². The number of benzene rings is 1. The molecular weight excluding hydrogens is 234 g/mol. The number of rotatable bonds is 3. The summed E-state index contributed by atoms with van der Waals surface area (Å²) in [5.41, 5.74) is 1.22. The van der Waals surface area contributed by atoms with Crippen molar-refractivity contribution in [2.75, 3.05) is 0 Å². The molecule has 18 heavy (non-hydrogen) atoms. The molecule has 0 atom stereocenters. The Balaban J connectivity index is 1.81. The highest BCUT2D eigenvalue weighted by Gasteiger charge is 2.15. The molecule has 3 rings (SSSR count). The number of aryl methyl sites for hydroxylation is 1. The van der Waals surface area contributed by atoms with E-state index in [0.717, 1.165) is 24.9 Å². The zero-order valence-electron chi connectivity index (χ0n) is 10.2. The highest BCUT2D eigenvalue weighted by atomic mass is 19.2. The van der Waals surface area contributed by atoms with Crippen molar-refractivity contribution in [3.8, 4) is 0 Å². The standard InChI is InChI=1S/C14H16F2N2/c15-11-7-13-14(8-12(11)16)18(9-17-13)6-5-10-3-1-2-4-10/h7-10H,1-6H2. The average Bonchev–Trinajstić information content (AvgIpc) is 2.97. The monoisotopic (exact) mass is 250 g/mol. The first-order valence-electron chi connectivity index (χ1n) is 6.54. The van der Waals surface area contributed by atoms with Gasteiger partial charge in [0.15, 0.2) is 11.6 Å². The van der Waals surface area contributed by atoms with Crippen molar-refractivity contribution < 1.29 is 8.78 Å². The second-order valence-corrected chi connectivity index (χ2v) is 5.13. The van der Waals surface area contributed by atoms with Crippen molar-refractivity contribution in [3.05, 3.63) is 30.1 Å². The zero-order chi connectivity index (χ0) is 12.5. The van der Waals surface area contributed by atoms with Crippen molar-refractivity contribution in [2.24, 2.45) is 5.92 Å². The Morgan fingerprint density at radius 2 is 1.89 bits per heavy atom. The lowest BCUT2D eigenvalue weighted by Crippen LogP contribution is -2.02. The highest BCUT2D eigenvalue weighted by Crippen LogP contribution is 2.28. The third kappa shape index (κ3) is 2.11. The van der Waals surface area contributed by atoms with Crippen LogP contribution in [0.1, 0.15) is 32.1 Å². The van der Waals surface area contributed by atoms with Crippen LogP contribution in [-0.2, 0) is 6.54 Å². The van der Waals surface area contributed by atoms with Crippen LogP contribution in [0.4, 0.5) is 8.78 Å². The quantitative estimate of drug-likeness (QED) is 0.808.